The number of hydrogen-bond donors (Lipinski definition) is 2. The lowest BCUT2D eigenvalue weighted by Crippen LogP contribution is -2.42. The van der Waals surface area contributed by atoms with Gasteiger partial charge in [-0.15, -0.1) is 0 Å². The minimum absolute atomic E-state index is 0.00884. The summed E-state index contributed by atoms with van der Waals surface area (Å²) in [6.07, 6.45) is 1.09. The first-order valence-electron chi connectivity index (χ1n) is 5.50. The number of ether oxygens (including phenoxy) is 1. The molecule has 4 nitrogen and oxygen atoms in total. The molecule has 0 atom stereocenters. The van der Waals surface area contributed by atoms with Gasteiger partial charge in [0.15, 0.2) is 0 Å². The number of nitrogens with one attached hydrogen (secondary N) is 1. The minimum Gasteiger partial charge on any atom is -0.379 e. The maximum absolute atomic E-state index is 11.6. The molecule has 0 saturated carbocycles. The number of amides is 1. The second-order valence-electron chi connectivity index (χ2n) is 4.62. The van der Waals surface area contributed by atoms with E-state index in [1.807, 2.05) is 27.7 Å². The highest BCUT2D eigenvalue weighted by Crippen LogP contribution is 2.11. The molecule has 0 bridgehead atoms. The summed E-state index contributed by atoms with van der Waals surface area (Å²) in [6.45, 7) is 9.36. The van der Waals surface area contributed by atoms with E-state index in [2.05, 4.69) is 5.32 Å². The van der Waals surface area contributed by atoms with Gasteiger partial charge in [0.25, 0.3) is 0 Å². The topological polar surface area (TPSA) is 64.3 Å². The van der Waals surface area contributed by atoms with Gasteiger partial charge in [-0.3, -0.25) is 4.79 Å². The fourth-order valence-corrected chi connectivity index (χ4v) is 0.925. The molecular weight excluding hydrogens is 192 g/mol. The lowest BCUT2D eigenvalue weighted by atomic mass is 9.93. The molecule has 3 N–H and O–H groups in total. The Labute approximate surface area is 92.6 Å². The summed E-state index contributed by atoms with van der Waals surface area (Å²) in [7, 11) is 0. The summed E-state index contributed by atoms with van der Waals surface area (Å²) < 4.78 is 5.36. The van der Waals surface area contributed by atoms with Gasteiger partial charge in [0, 0.05) is 19.7 Å². The van der Waals surface area contributed by atoms with E-state index in [1.165, 1.54) is 0 Å². The predicted octanol–water partition coefficient (Wildman–Crippen LogP) is 0.903. The standard InChI is InChI=1S/C11H24N2O2/c1-9(2)15-7-5-6-13-10(14)11(3,4)8-12/h9H,5-8,12H2,1-4H3,(H,13,14). The minimum atomic E-state index is -0.473. The van der Waals surface area contributed by atoms with Gasteiger partial charge in [-0.05, 0) is 34.1 Å². The van der Waals surface area contributed by atoms with Gasteiger partial charge in [0.2, 0.25) is 5.91 Å². The SMILES string of the molecule is CC(C)OCCCNC(=O)C(C)(C)CN. The van der Waals surface area contributed by atoms with Gasteiger partial charge in [-0.2, -0.15) is 0 Å². The van der Waals surface area contributed by atoms with Crippen LogP contribution in [0.4, 0.5) is 0 Å². The predicted molar refractivity (Wildman–Crippen MR) is 61.6 cm³/mol. The van der Waals surface area contributed by atoms with Gasteiger partial charge in [-0.1, -0.05) is 0 Å². The number of carbonyl (C=O) groups is 1. The molecule has 90 valence electrons. The van der Waals surface area contributed by atoms with Crippen molar-refractivity contribution in [3.63, 3.8) is 0 Å². The molecule has 0 spiro atoms. The molecule has 0 saturated heterocycles. The lowest BCUT2D eigenvalue weighted by molar-refractivity contribution is -0.128. The van der Waals surface area contributed by atoms with Crippen molar-refractivity contribution in [3.8, 4) is 0 Å². The Morgan fingerprint density at radius 3 is 2.53 bits per heavy atom. The zero-order valence-electron chi connectivity index (χ0n) is 10.3. The molecule has 1 amide bonds. The average Bonchev–Trinajstić information content (AvgIpc) is 2.16. The number of rotatable bonds is 7. The van der Waals surface area contributed by atoms with Crippen LogP contribution in [0, 0.1) is 5.41 Å². The quantitative estimate of drug-likeness (QED) is 0.622. The van der Waals surface area contributed by atoms with Crippen molar-refractivity contribution >= 4 is 5.91 Å². The summed E-state index contributed by atoms with van der Waals surface area (Å²) in [6, 6.07) is 0. The Kier molecular flexibility index (Phi) is 6.52. The summed E-state index contributed by atoms with van der Waals surface area (Å²) in [5, 5.41) is 2.85. The Morgan fingerprint density at radius 1 is 1.47 bits per heavy atom. The summed E-state index contributed by atoms with van der Waals surface area (Å²) >= 11 is 0. The van der Waals surface area contributed by atoms with E-state index in [9.17, 15) is 4.79 Å². The van der Waals surface area contributed by atoms with Crippen LogP contribution < -0.4 is 11.1 Å². The third kappa shape index (κ3) is 6.47. The maximum atomic E-state index is 11.6. The van der Waals surface area contributed by atoms with Crippen LogP contribution >= 0.6 is 0 Å². The van der Waals surface area contributed by atoms with Crippen molar-refractivity contribution in [3.05, 3.63) is 0 Å². The van der Waals surface area contributed by atoms with Gasteiger partial charge in [0.05, 0.1) is 11.5 Å². The third-order valence-corrected chi connectivity index (χ3v) is 2.18. The Bertz CT molecular complexity index is 191. The van der Waals surface area contributed by atoms with Gasteiger partial charge < -0.3 is 15.8 Å². The molecule has 0 aromatic carbocycles. The van der Waals surface area contributed by atoms with Crippen LogP contribution in [-0.2, 0) is 9.53 Å². The van der Waals surface area contributed by atoms with Gasteiger partial charge in [-0.25, -0.2) is 0 Å². The van der Waals surface area contributed by atoms with Crippen molar-refractivity contribution in [2.75, 3.05) is 19.7 Å². The normalized spacial score (nSPS) is 11.9. The van der Waals surface area contributed by atoms with E-state index >= 15 is 0 Å². The van der Waals surface area contributed by atoms with Crippen molar-refractivity contribution in [2.45, 2.75) is 40.2 Å². The van der Waals surface area contributed by atoms with Crippen LogP contribution in [0.15, 0.2) is 0 Å². The average molecular weight is 216 g/mol. The molecule has 0 rings (SSSR count). The smallest absolute Gasteiger partial charge is 0.226 e. The Hall–Kier alpha value is -0.610. The number of hydrogen-bond acceptors (Lipinski definition) is 3. The molecule has 0 aliphatic rings. The summed E-state index contributed by atoms with van der Waals surface area (Å²) in [4.78, 5) is 11.6. The van der Waals surface area contributed by atoms with Crippen LogP contribution in [0.5, 0.6) is 0 Å². The Morgan fingerprint density at radius 2 is 2.07 bits per heavy atom. The van der Waals surface area contributed by atoms with E-state index < -0.39 is 5.41 Å². The molecule has 0 aliphatic carbocycles. The van der Waals surface area contributed by atoms with Crippen molar-refractivity contribution in [1.82, 2.24) is 5.32 Å². The van der Waals surface area contributed by atoms with E-state index in [1.54, 1.807) is 0 Å². The van der Waals surface area contributed by atoms with E-state index in [0.29, 0.717) is 19.7 Å². The number of carbonyl (C=O) groups excluding carboxylic acids is 1. The molecule has 0 heterocycles. The van der Waals surface area contributed by atoms with E-state index in [4.69, 9.17) is 10.5 Å². The van der Waals surface area contributed by atoms with Gasteiger partial charge in [0.1, 0.15) is 0 Å². The zero-order chi connectivity index (χ0) is 11.9. The molecule has 0 aromatic rings. The molecule has 0 unspecified atom stereocenters. The zero-order valence-corrected chi connectivity index (χ0v) is 10.3. The monoisotopic (exact) mass is 216 g/mol. The molecule has 0 aromatic heterocycles. The highest BCUT2D eigenvalue weighted by atomic mass is 16.5. The van der Waals surface area contributed by atoms with Crippen LogP contribution in [-0.4, -0.2) is 31.7 Å². The van der Waals surface area contributed by atoms with Crippen LogP contribution in [0.25, 0.3) is 0 Å². The molecule has 0 radical (unpaired) electrons. The summed E-state index contributed by atoms with van der Waals surface area (Å²) in [5.41, 5.74) is 5.02. The molecule has 4 heteroatoms. The first-order valence-corrected chi connectivity index (χ1v) is 5.50. The molecule has 15 heavy (non-hydrogen) atoms. The van der Waals surface area contributed by atoms with Crippen LogP contribution in [0.2, 0.25) is 0 Å². The van der Waals surface area contributed by atoms with Crippen LogP contribution in [0.1, 0.15) is 34.1 Å². The number of nitrogens with two attached hydrogens (primary N) is 1. The molecule has 0 fully saturated rings. The summed E-state index contributed by atoms with van der Waals surface area (Å²) in [5.74, 6) is 0.00884. The third-order valence-electron chi connectivity index (χ3n) is 2.18. The highest BCUT2D eigenvalue weighted by Gasteiger charge is 2.24. The van der Waals surface area contributed by atoms with Crippen molar-refractivity contribution in [2.24, 2.45) is 11.1 Å². The lowest BCUT2D eigenvalue weighted by Gasteiger charge is -2.21. The second-order valence-corrected chi connectivity index (χ2v) is 4.62. The second kappa shape index (κ2) is 6.80. The largest absolute Gasteiger partial charge is 0.379 e. The van der Waals surface area contributed by atoms with Crippen molar-refractivity contribution in [1.29, 1.82) is 0 Å². The fraction of sp³-hybridized carbons (Fsp3) is 0.909. The van der Waals surface area contributed by atoms with Gasteiger partial charge >= 0.3 is 0 Å². The maximum Gasteiger partial charge on any atom is 0.226 e. The molecule has 0 aliphatic heterocycles. The van der Waals surface area contributed by atoms with E-state index in [0.717, 1.165) is 6.42 Å². The molecular formula is C11H24N2O2. The van der Waals surface area contributed by atoms with Crippen LogP contribution in [0.3, 0.4) is 0 Å². The Balaban J connectivity index is 3.56. The first-order chi connectivity index (χ1) is 6.90. The fourth-order valence-electron chi connectivity index (χ4n) is 0.925. The van der Waals surface area contributed by atoms with E-state index in [-0.39, 0.29) is 12.0 Å². The highest BCUT2D eigenvalue weighted by molar-refractivity contribution is 5.81. The first kappa shape index (κ1) is 14.4. The van der Waals surface area contributed by atoms with Crippen molar-refractivity contribution < 1.29 is 9.53 Å².